The van der Waals surface area contributed by atoms with Crippen LogP contribution in [0.3, 0.4) is 0 Å². The van der Waals surface area contributed by atoms with Gasteiger partial charge in [0, 0.05) is 5.39 Å². The van der Waals surface area contributed by atoms with Gasteiger partial charge in [-0.2, -0.15) is 0 Å². The van der Waals surface area contributed by atoms with Gasteiger partial charge in [0.25, 0.3) is 5.91 Å². The highest BCUT2D eigenvalue weighted by Crippen LogP contribution is 2.28. The molecule has 0 spiro atoms. The van der Waals surface area contributed by atoms with Gasteiger partial charge in [0.15, 0.2) is 28.6 Å². The van der Waals surface area contributed by atoms with Crippen LogP contribution in [-0.2, 0) is 6.54 Å². The van der Waals surface area contributed by atoms with Gasteiger partial charge in [0.05, 0.1) is 19.9 Å². The summed E-state index contributed by atoms with van der Waals surface area (Å²) in [7, 11) is 1.56. The van der Waals surface area contributed by atoms with Crippen LogP contribution in [-0.4, -0.2) is 13.0 Å². The number of hydrogen-bond donors (Lipinski definition) is 1. The van der Waals surface area contributed by atoms with Gasteiger partial charge in [-0.3, -0.25) is 4.79 Å². The van der Waals surface area contributed by atoms with Crippen LogP contribution in [0.2, 0.25) is 0 Å². The van der Waals surface area contributed by atoms with E-state index < -0.39 is 0 Å². The summed E-state index contributed by atoms with van der Waals surface area (Å²) in [5.41, 5.74) is 0.549. The molecule has 1 amide bonds. The zero-order valence-electron chi connectivity index (χ0n) is 13.4. The van der Waals surface area contributed by atoms with E-state index in [1.807, 2.05) is 18.2 Å². The molecule has 1 aromatic carbocycles. The lowest BCUT2D eigenvalue weighted by Crippen LogP contribution is -2.21. The largest absolute Gasteiger partial charge is 0.493 e. The van der Waals surface area contributed by atoms with Crippen molar-refractivity contribution >= 4 is 16.9 Å². The van der Waals surface area contributed by atoms with Crippen LogP contribution in [0.25, 0.3) is 22.5 Å². The molecule has 0 atom stereocenters. The molecule has 25 heavy (non-hydrogen) atoms. The number of ether oxygens (including phenoxy) is 1. The monoisotopic (exact) mass is 337 g/mol. The number of furan rings is 3. The van der Waals surface area contributed by atoms with Crippen LogP contribution in [0.5, 0.6) is 5.75 Å². The van der Waals surface area contributed by atoms with Gasteiger partial charge in [-0.15, -0.1) is 0 Å². The van der Waals surface area contributed by atoms with Crippen molar-refractivity contribution < 1.29 is 22.8 Å². The van der Waals surface area contributed by atoms with E-state index in [1.54, 1.807) is 43.7 Å². The Balaban J connectivity index is 1.47. The first-order chi connectivity index (χ1) is 12.2. The predicted octanol–water partition coefficient (Wildman–Crippen LogP) is 4.22. The van der Waals surface area contributed by atoms with Crippen LogP contribution >= 0.6 is 0 Å². The molecule has 0 bridgehead atoms. The minimum absolute atomic E-state index is 0.220. The number of hydrogen-bond acceptors (Lipinski definition) is 5. The normalized spacial score (nSPS) is 10.9. The van der Waals surface area contributed by atoms with Crippen molar-refractivity contribution in [1.29, 1.82) is 0 Å². The molecule has 6 nitrogen and oxygen atoms in total. The maximum atomic E-state index is 12.3. The molecule has 0 saturated carbocycles. The number of rotatable bonds is 5. The van der Waals surface area contributed by atoms with E-state index in [4.69, 9.17) is 18.0 Å². The van der Waals surface area contributed by atoms with Gasteiger partial charge in [-0.25, -0.2) is 0 Å². The first-order valence-corrected chi connectivity index (χ1v) is 7.72. The Kier molecular flexibility index (Phi) is 3.78. The molecule has 0 aliphatic heterocycles. The van der Waals surface area contributed by atoms with Gasteiger partial charge < -0.3 is 23.3 Å². The van der Waals surface area contributed by atoms with Crippen molar-refractivity contribution in [2.75, 3.05) is 7.11 Å². The number of para-hydroxylation sites is 1. The summed E-state index contributed by atoms with van der Waals surface area (Å²) in [5.74, 6) is 2.36. The number of carbonyl (C=O) groups excluding carboxylic acids is 1. The summed E-state index contributed by atoms with van der Waals surface area (Å²) in [6, 6.07) is 14.4. The number of nitrogens with one attached hydrogen (secondary N) is 1. The van der Waals surface area contributed by atoms with E-state index in [1.165, 1.54) is 0 Å². The first kappa shape index (κ1) is 15.1. The molecule has 4 rings (SSSR count). The molecule has 0 unspecified atom stereocenters. The van der Waals surface area contributed by atoms with Crippen molar-refractivity contribution in [3.63, 3.8) is 0 Å². The lowest BCUT2D eigenvalue weighted by molar-refractivity contribution is 0.0922. The van der Waals surface area contributed by atoms with Crippen molar-refractivity contribution in [3.8, 4) is 17.3 Å². The van der Waals surface area contributed by atoms with E-state index in [0.29, 0.717) is 28.6 Å². The Morgan fingerprint density at radius 3 is 2.80 bits per heavy atom. The highest BCUT2D eigenvalue weighted by molar-refractivity contribution is 5.97. The number of amides is 1. The van der Waals surface area contributed by atoms with Gasteiger partial charge in [0.2, 0.25) is 0 Å². The van der Waals surface area contributed by atoms with E-state index >= 15 is 0 Å². The minimum atomic E-state index is -0.325. The zero-order valence-corrected chi connectivity index (χ0v) is 13.4. The third-order valence-corrected chi connectivity index (χ3v) is 3.80. The molecule has 4 aromatic rings. The molecule has 0 radical (unpaired) electrons. The van der Waals surface area contributed by atoms with Crippen LogP contribution in [0.1, 0.15) is 16.3 Å². The molecular formula is C19H15NO5. The van der Waals surface area contributed by atoms with Crippen LogP contribution in [0, 0.1) is 0 Å². The number of benzene rings is 1. The third kappa shape index (κ3) is 2.89. The van der Waals surface area contributed by atoms with Crippen molar-refractivity contribution in [1.82, 2.24) is 5.32 Å². The van der Waals surface area contributed by atoms with Crippen LogP contribution < -0.4 is 10.1 Å². The molecule has 3 heterocycles. The Hall–Kier alpha value is -3.41. The second kappa shape index (κ2) is 6.24. The summed E-state index contributed by atoms with van der Waals surface area (Å²) in [4.78, 5) is 12.3. The Morgan fingerprint density at radius 1 is 1.08 bits per heavy atom. The van der Waals surface area contributed by atoms with E-state index in [2.05, 4.69) is 5.32 Å². The molecular weight excluding hydrogens is 322 g/mol. The molecule has 0 fully saturated rings. The molecule has 0 saturated heterocycles. The van der Waals surface area contributed by atoms with Crippen LogP contribution in [0.15, 0.2) is 68.0 Å². The highest BCUT2D eigenvalue weighted by atomic mass is 16.5. The lowest BCUT2D eigenvalue weighted by Gasteiger charge is -2.01. The molecule has 3 aromatic heterocycles. The van der Waals surface area contributed by atoms with Gasteiger partial charge in [-0.05, 0) is 36.4 Å². The summed E-state index contributed by atoms with van der Waals surface area (Å²) in [6.07, 6.45) is 1.58. The smallest absolute Gasteiger partial charge is 0.287 e. The Labute approximate surface area is 143 Å². The highest BCUT2D eigenvalue weighted by Gasteiger charge is 2.15. The van der Waals surface area contributed by atoms with Gasteiger partial charge in [0.1, 0.15) is 5.76 Å². The average molecular weight is 337 g/mol. The SMILES string of the molecule is COc1cccc2cc(C(=O)NCc3ccc(-c4ccco4)o3)oc12. The molecule has 6 heteroatoms. The average Bonchev–Trinajstić information content (AvgIpc) is 3.38. The third-order valence-electron chi connectivity index (χ3n) is 3.80. The zero-order chi connectivity index (χ0) is 17.2. The summed E-state index contributed by atoms with van der Waals surface area (Å²) in [5, 5.41) is 3.58. The van der Waals surface area contributed by atoms with Crippen molar-refractivity contribution in [2.24, 2.45) is 0 Å². The topological polar surface area (TPSA) is 77.8 Å². The molecule has 1 N–H and O–H groups in total. The summed E-state index contributed by atoms with van der Waals surface area (Å²) < 4.78 is 21.8. The predicted molar refractivity (Wildman–Crippen MR) is 90.3 cm³/mol. The summed E-state index contributed by atoms with van der Waals surface area (Å²) in [6.45, 7) is 0.244. The first-order valence-electron chi connectivity index (χ1n) is 7.72. The quantitative estimate of drug-likeness (QED) is 0.590. The number of methoxy groups -OCH3 is 1. The second-order valence-electron chi connectivity index (χ2n) is 5.42. The lowest BCUT2D eigenvalue weighted by atomic mass is 10.2. The molecule has 126 valence electrons. The maximum absolute atomic E-state index is 12.3. The molecule has 0 aliphatic rings. The standard InChI is InChI=1S/C19H15NO5/c1-22-16-5-2-4-12-10-17(25-18(12)16)19(21)20-11-13-7-8-15(24-13)14-6-3-9-23-14/h2-10H,11H2,1H3,(H,20,21). The fraction of sp³-hybridized carbons (Fsp3) is 0.105. The number of fused-ring (bicyclic) bond motifs is 1. The maximum Gasteiger partial charge on any atom is 0.287 e. The summed E-state index contributed by atoms with van der Waals surface area (Å²) >= 11 is 0. The minimum Gasteiger partial charge on any atom is -0.493 e. The Bertz CT molecular complexity index is 1010. The van der Waals surface area contributed by atoms with Gasteiger partial charge in [-0.1, -0.05) is 12.1 Å². The molecule has 0 aliphatic carbocycles. The fourth-order valence-corrected chi connectivity index (χ4v) is 2.59. The fourth-order valence-electron chi connectivity index (χ4n) is 2.59. The van der Waals surface area contributed by atoms with Gasteiger partial charge >= 0.3 is 0 Å². The van der Waals surface area contributed by atoms with E-state index in [0.717, 1.165) is 5.39 Å². The van der Waals surface area contributed by atoms with Crippen molar-refractivity contribution in [3.05, 3.63) is 66.3 Å². The van der Waals surface area contributed by atoms with Crippen molar-refractivity contribution in [2.45, 2.75) is 6.54 Å². The van der Waals surface area contributed by atoms with Crippen LogP contribution in [0.4, 0.5) is 0 Å². The second-order valence-corrected chi connectivity index (χ2v) is 5.42. The van der Waals surface area contributed by atoms with E-state index in [-0.39, 0.29) is 18.2 Å². The Morgan fingerprint density at radius 2 is 2.00 bits per heavy atom. The number of carbonyl (C=O) groups is 1. The van der Waals surface area contributed by atoms with E-state index in [9.17, 15) is 4.79 Å².